The van der Waals surface area contributed by atoms with Crippen molar-refractivity contribution in [3.8, 4) is 11.5 Å². The van der Waals surface area contributed by atoms with Gasteiger partial charge in [0.2, 0.25) is 5.89 Å². The molecule has 6 nitrogen and oxygen atoms in total. The Morgan fingerprint density at radius 3 is 3.00 bits per heavy atom. The standard InChI is InChI=1S/C14H12N3O3/c1-2-16-7-3-4-10(9-16)14-15-12-8-11(17(18)19)5-6-13(12)20-14/h3-9H,2H2,1H3/q+1. The van der Waals surface area contributed by atoms with Gasteiger partial charge in [-0.25, -0.2) is 9.55 Å². The van der Waals surface area contributed by atoms with Crippen molar-refractivity contribution in [2.45, 2.75) is 13.5 Å². The third-order valence-corrected chi connectivity index (χ3v) is 3.05. The Morgan fingerprint density at radius 2 is 2.25 bits per heavy atom. The van der Waals surface area contributed by atoms with Crippen molar-refractivity contribution in [2.24, 2.45) is 0 Å². The molecule has 0 aliphatic rings. The van der Waals surface area contributed by atoms with Gasteiger partial charge in [0.1, 0.15) is 17.6 Å². The number of hydrogen-bond donors (Lipinski definition) is 0. The quantitative estimate of drug-likeness (QED) is 0.416. The summed E-state index contributed by atoms with van der Waals surface area (Å²) in [6, 6.07) is 8.20. The molecule has 0 radical (unpaired) electrons. The van der Waals surface area contributed by atoms with Gasteiger partial charge < -0.3 is 4.42 Å². The van der Waals surface area contributed by atoms with E-state index < -0.39 is 4.92 Å². The van der Waals surface area contributed by atoms with Crippen LogP contribution in [0, 0.1) is 10.1 Å². The monoisotopic (exact) mass is 270 g/mol. The van der Waals surface area contributed by atoms with Crippen LogP contribution in [-0.2, 0) is 6.54 Å². The molecule has 2 heterocycles. The number of nitrogens with zero attached hydrogens (tertiary/aromatic N) is 3. The van der Waals surface area contributed by atoms with Gasteiger partial charge in [-0.15, -0.1) is 0 Å². The molecule has 0 bridgehead atoms. The van der Waals surface area contributed by atoms with Gasteiger partial charge in [0.25, 0.3) is 5.69 Å². The van der Waals surface area contributed by atoms with E-state index in [1.54, 1.807) is 6.07 Å². The molecule has 0 aliphatic heterocycles. The van der Waals surface area contributed by atoms with Crippen LogP contribution in [0.15, 0.2) is 47.1 Å². The second-order valence-electron chi connectivity index (χ2n) is 4.35. The van der Waals surface area contributed by atoms with Gasteiger partial charge in [0.05, 0.1) is 4.92 Å². The average molecular weight is 270 g/mol. The molecule has 0 saturated heterocycles. The zero-order valence-corrected chi connectivity index (χ0v) is 10.8. The molecule has 0 amide bonds. The Balaban J connectivity index is 2.10. The molecule has 6 heteroatoms. The van der Waals surface area contributed by atoms with Gasteiger partial charge >= 0.3 is 0 Å². The molecule has 0 unspecified atom stereocenters. The molecular weight excluding hydrogens is 258 g/mol. The van der Waals surface area contributed by atoms with Crippen molar-refractivity contribution in [3.05, 3.63) is 52.8 Å². The Bertz CT molecular complexity index is 795. The second-order valence-corrected chi connectivity index (χ2v) is 4.35. The smallest absolute Gasteiger partial charge is 0.271 e. The van der Waals surface area contributed by atoms with Crippen molar-refractivity contribution in [3.63, 3.8) is 0 Å². The summed E-state index contributed by atoms with van der Waals surface area (Å²) in [5.74, 6) is 0.461. The summed E-state index contributed by atoms with van der Waals surface area (Å²) in [4.78, 5) is 14.6. The van der Waals surface area contributed by atoms with Gasteiger partial charge in [-0.2, -0.15) is 0 Å². The van der Waals surface area contributed by atoms with Crippen LogP contribution in [-0.4, -0.2) is 9.91 Å². The highest BCUT2D eigenvalue weighted by molar-refractivity contribution is 5.78. The highest BCUT2D eigenvalue weighted by Gasteiger charge is 2.14. The first kappa shape index (κ1) is 12.3. The average Bonchev–Trinajstić information content (AvgIpc) is 2.90. The van der Waals surface area contributed by atoms with E-state index in [2.05, 4.69) is 4.98 Å². The number of non-ortho nitro benzene ring substituents is 1. The number of nitro benzene ring substituents is 1. The third-order valence-electron chi connectivity index (χ3n) is 3.05. The second kappa shape index (κ2) is 4.73. The van der Waals surface area contributed by atoms with Crippen LogP contribution in [0.1, 0.15) is 6.92 Å². The SMILES string of the molecule is CC[n+]1cccc(-c2nc3cc([N+](=O)[O-])ccc3o2)c1. The molecule has 2 aromatic heterocycles. The first-order chi connectivity index (χ1) is 9.67. The summed E-state index contributed by atoms with van der Waals surface area (Å²) in [6.45, 7) is 2.89. The number of benzene rings is 1. The Morgan fingerprint density at radius 1 is 1.40 bits per heavy atom. The maximum absolute atomic E-state index is 10.7. The summed E-state index contributed by atoms with van der Waals surface area (Å²) < 4.78 is 7.65. The molecule has 0 spiro atoms. The fourth-order valence-corrected chi connectivity index (χ4v) is 2.00. The summed E-state index contributed by atoms with van der Waals surface area (Å²) in [7, 11) is 0. The Labute approximate surface area is 114 Å². The van der Waals surface area contributed by atoms with Crippen LogP contribution in [0.25, 0.3) is 22.6 Å². The molecule has 3 aromatic rings. The van der Waals surface area contributed by atoms with Crippen molar-refractivity contribution >= 4 is 16.8 Å². The number of rotatable bonds is 3. The van der Waals surface area contributed by atoms with Crippen LogP contribution in [0.2, 0.25) is 0 Å². The number of fused-ring (bicyclic) bond motifs is 1. The lowest BCUT2D eigenvalue weighted by molar-refractivity contribution is -0.693. The predicted octanol–water partition coefficient (Wildman–Crippen LogP) is 2.71. The lowest BCUT2D eigenvalue weighted by Gasteiger charge is -1.94. The summed E-state index contributed by atoms with van der Waals surface area (Å²) in [5.41, 5.74) is 1.88. The number of oxazole rings is 1. The summed E-state index contributed by atoms with van der Waals surface area (Å²) in [6.07, 6.45) is 3.89. The van der Waals surface area contributed by atoms with Gasteiger partial charge in [0, 0.05) is 18.2 Å². The van der Waals surface area contributed by atoms with Crippen LogP contribution in [0.3, 0.4) is 0 Å². The number of aromatic nitrogens is 2. The van der Waals surface area contributed by atoms with E-state index in [0.717, 1.165) is 12.1 Å². The minimum atomic E-state index is -0.443. The maximum Gasteiger partial charge on any atom is 0.271 e. The normalized spacial score (nSPS) is 10.8. The molecule has 0 N–H and O–H groups in total. The summed E-state index contributed by atoms with van der Waals surface area (Å²) >= 11 is 0. The fraction of sp³-hybridized carbons (Fsp3) is 0.143. The molecule has 3 rings (SSSR count). The number of pyridine rings is 1. The lowest BCUT2D eigenvalue weighted by Crippen LogP contribution is -2.30. The van der Waals surface area contributed by atoms with Crippen LogP contribution in [0.5, 0.6) is 0 Å². The van der Waals surface area contributed by atoms with E-state index in [1.165, 1.54) is 12.1 Å². The van der Waals surface area contributed by atoms with E-state index in [9.17, 15) is 10.1 Å². The lowest BCUT2D eigenvalue weighted by atomic mass is 10.3. The molecule has 0 saturated carbocycles. The van der Waals surface area contributed by atoms with Crippen molar-refractivity contribution in [2.75, 3.05) is 0 Å². The minimum Gasteiger partial charge on any atom is -0.436 e. The van der Waals surface area contributed by atoms with Crippen LogP contribution < -0.4 is 4.57 Å². The fourth-order valence-electron chi connectivity index (χ4n) is 2.00. The molecule has 1 aromatic carbocycles. The number of aryl methyl sites for hydroxylation is 1. The van der Waals surface area contributed by atoms with E-state index in [4.69, 9.17) is 4.42 Å². The highest BCUT2D eigenvalue weighted by atomic mass is 16.6. The Hall–Kier alpha value is -2.76. The van der Waals surface area contributed by atoms with E-state index in [0.29, 0.717) is 17.0 Å². The van der Waals surface area contributed by atoms with Crippen molar-refractivity contribution in [1.82, 2.24) is 4.98 Å². The topological polar surface area (TPSA) is 73.0 Å². The largest absolute Gasteiger partial charge is 0.436 e. The number of hydrogen-bond acceptors (Lipinski definition) is 4. The number of nitro groups is 1. The predicted molar refractivity (Wildman–Crippen MR) is 72.0 cm³/mol. The van der Waals surface area contributed by atoms with Crippen molar-refractivity contribution < 1.29 is 13.9 Å². The van der Waals surface area contributed by atoms with Gasteiger partial charge in [-0.3, -0.25) is 10.1 Å². The van der Waals surface area contributed by atoms with Crippen LogP contribution in [0.4, 0.5) is 5.69 Å². The van der Waals surface area contributed by atoms with E-state index in [-0.39, 0.29) is 5.69 Å². The molecule has 20 heavy (non-hydrogen) atoms. The molecule has 0 fully saturated rings. The molecule has 0 atom stereocenters. The summed E-state index contributed by atoms with van der Waals surface area (Å²) in [5, 5.41) is 10.7. The minimum absolute atomic E-state index is 0.00836. The Kier molecular flexibility index (Phi) is 2.90. The molecular formula is C14H12N3O3+. The van der Waals surface area contributed by atoms with Crippen LogP contribution >= 0.6 is 0 Å². The molecule has 0 aliphatic carbocycles. The van der Waals surface area contributed by atoms with Gasteiger partial charge in [0.15, 0.2) is 18.0 Å². The van der Waals surface area contributed by atoms with Crippen molar-refractivity contribution in [1.29, 1.82) is 0 Å². The zero-order valence-electron chi connectivity index (χ0n) is 10.8. The molecule has 100 valence electrons. The highest BCUT2D eigenvalue weighted by Crippen LogP contribution is 2.26. The van der Waals surface area contributed by atoms with Gasteiger partial charge in [-0.05, 0) is 19.1 Å². The third kappa shape index (κ3) is 2.11. The first-order valence-corrected chi connectivity index (χ1v) is 6.22. The zero-order chi connectivity index (χ0) is 14.1. The van der Waals surface area contributed by atoms with E-state index in [1.807, 2.05) is 36.0 Å². The first-order valence-electron chi connectivity index (χ1n) is 6.22. The van der Waals surface area contributed by atoms with E-state index >= 15 is 0 Å². The van der Waals surface area contributed by atoms with Gasteiger partial charge in [-0.1, -0.05) is 0 Å². The maximum atomic E-state index is 10.7.